The summed E-state index contributed by atoms with van der Waals surface area (Å²) >= 11 is 1.24. The van der Waals surface area contributed by atoms with E-state index in [0.717, 1.165) is 4.31 Å². The van der Waals surface area contributed by atoms with Gasteiger partial charge in [-0.15, -0.1) is 11.3 Å². The quantitative estimate of drug-likeness (QED) is 0.632. The van der Waals surface area contributed by atoms with Crippen molar-refractivity contribution < 1.29 is 31.2 Å². The lowest BCUT2D eigenvalue weighted by Gasteiger charge is -2.36. The second-order valence-electron chi connectivity index (χ2n) is 7.58. The molecule has 174 valence electrons. The zero-order chi connectivity index (χ0) is 23.6. The van der Waals surface area contributed by atoms with Crippen molar-refractivity contribution in [3.05, 3.63) is 52.0 Å². The van der Waals surface area contributed by atoms with Gasteiger partial charge >= 0.3 is 0 Å². The van der Waals surface area contributed by atoms with Crippen LogP contribution in [0, 0.1) is 23.4 Å². The number of halogens is 3. The van der Waals surface area contributed by atoms with Gasteiger partial charge in [0.2, 0.25) is 15.9 Å². The molecule has 2 aromatic rings. The second kappa shape index (κ2) is 9.59. The fourth-order valence-corrected chi connectivity index (χ4v) is 5.43. The predicted octanol–water partition coefficient (Wildman–Crippen LogP) is 2.45. The first-order valence-electron chi connectivity index (χ1n) is 9.80. The molecule has 0 radical (unpaired) electrons. The highest BCUT2D eigenvalue weighted by molar-refractivity contribution is 7.89. The highest BCUT2D eigenvalue weighted by Gasteiger charge is 2.36. The molecule has 12 heteroatoms. The zero-order valence-corrected chi connectivity index (χ0v) is 19.0. The molecule has 3 rings (SSSR count). The van der Waals surface area contributed by atoms with Crippen LogP contribution in [0.25, 0.3) is 0 Å². The highest BCUT2D eigenvalue weighted by atomic mass is 32.2. The molecule has 2 heterocycles. The van der Waals surface area contributed by atoms with Gasteiger partial charge in [0.1, 0.15) is 10.9 Å². The van der Waals surface area contributed by atoms with Crippen LogP contribution in [0.5, 0.6) is 0 Å². The number of rotatable bonds is 6. The standard InChI is InChI=1S/C20H22F3N3O4S2/c1-12(2)18(24-19(27)14-4-3-11-31-14)20(28)25-7-9-26(10-8-25)32(29,30)15-6-5-13(21)16(22)17(15)23/h3-6,11-12,18H,7-10H2,1-2H3,(H,24,27). The Morgan fingerprint density at radius 2 is 1.69 bits per heavy atom. The fraction of sp³-hybridized carbons (Fsp3) is 0.400. The van der Waals surface area contributed by atoms with Crippen molar-refractivity contribution in [2.75, 3.05) is 26.2 Å². The van der Waals surface area contributed by atoms with Gasteiger partial charge in [-0.05, 0) is 29.5 Å². The van der Waals surface area contributed by atoms with E-state index in [0.29, 0.717) is 17.0 Å². The number of carbonyl (C=O) groups is 2. The predicted molar refractivity (Wildman–Crippen MR) is 112 cm³/mol. The summed E-state index contributed by atoms with van der Waals surface area (Å²) in [6.07, 6.45) is 0. The summed E-state index contributed by atoms with van der Waals surface area (Å²) in [6, 6.07) is 3.78. The monoisotopic (exact) mass is 489 g/mol. The summed E-state index contributed by atoms with van der Waals surface area (Å²) in [7, 11) is -4.42. The van der Waals surface area contributed by atoms with Crippen LogP contribution in [0.1, 0.15) is 23.5 Å². The van der Waals surface area contributed by atoms with Crippen LogP contribution in [-0.2, 0) is 14.8 Å². The van der Waals surface area contributed by atoms with E-state index in [1.165, 1.54) is 16.2 Å². The van der Waals surface area contributed by atoms with Gasteiger partial charge in [-0.3, -0.25) is 9.59 Å². The van der Waals surface area contributed by atoms with E-state index in [1.54, 1.807) is 31.4 Å². The van der Waals surface area contributed by atoms with E-state index < -0.39 is 38.4 Å². The van der Waals surface area contributed by atoms with Crippen molar-refractivity contribution in [1.82, 2.24) is 14.5 Å². The number of nitrogens with one attached hydrogen (secondary N) is 1. The molecular weight excluding hydrogens is 467 g/mol. The van der Waals surface area contributed by atoms with Gasteiger partial charge in [-0.2, -0.15) is 4.31 Å². The third kappa shape index (κ3) is 4.81. The minimum absolute atomic E-state index is 0.00144. The van der Waals surface area contributed by atoms with Crippen molar-refractivity contribution in [3.63, 3.8) is 0 Å². The molecule has 0 saturated carbocycles. The Bertz CT molecular complexity index is 1100. The lowest BCUT2D eigenvalue weighted by molar-refractivity contribution is -0.135. The number of sulfonamides is 1. The minimum atomic E-state index is -4.42. The number of carbonyl (C=O) groups excluding carboxylic acids is 2. The maximum atomic E-state index is 14.0. The van der Waals surface area contributed by atoms with Crippen molar-refractivity contribution >= 4 is 33.2 Å². The van der Waals surface area contributed by atoms with Gasteiger partial charge in [0.15, 0.2) is 17.5 Å². The van der Waals surface area contributed by atoms with Crippen molar-refractivity contribution in [1.29, 1.82) is 0 Å². The number of hydrogen-bond donors (Lipinski definition) is 1. The molecule has 7 nitrogen and oxygen atoms in total. The van der Waals surface area contributed by atoms with Gasteiger partial charge in [0.25, 0.3) is 5.91 Å². The number of nitrogens with zero attached hydrogens (tertiary/aromatic N) is 2. The Kier molecular flexibility index (Phi) is 7.25. The van der Waals surface area contributed by atoms with E-state index in [4.69, 9.17) is 0 Å². The molecule has 1 aliphatic rings. The number of thiophene rings is 1. The highest BCUT2D eigenvalue weighted by Crippen LogP contribution is 2.24. The molecule has 1 unspecified atom stereocenters. The molecule has 0 aliphatic carbocycles. The SMILES string of the molecule is CC(C)C(NC(=O)c1cccs1)C(=O)N1CCN(S(=O)(=O)c2ccc(F)c(F)c2F)CC1. The Balaban J connectivity index is 1.69. The Morgan fingerprint density at radius 3 is 2.25 bits per heavy atom. The summed E-state index contributed by atoms with van der Waals surface area (Å²) in [5.74, 6) is -6.07. The maximum absolute atomic E-state index is 14.0. The normalized spacial score (nSPS) is 16.2. The Morgan fingerprint density at radius 1 is 1.03 bits per heavy atom. The average molecular weight is 490 g/mol. The van der Waals surface area contributed by atoms with Crippen LogP contribution in [0.2, 0.25) is 0 Å². The van der Waals surface area contributed by atoms with Crippen LogP contribution >= 0.6 is 11.3 Å². The van der Waals surface area contributed by atoms with E-state index in [2.05, 4.69) is 5.32 Å². The van der Waals surface area contributed by atoms with Crippen LogP contribution in [0.3, 0.4) is 0 Å². The van der Waals surface area contributed by atoms with Crippen molar-refractivity contribution in [2.45, 2.75) is 24.8 Å². The van der Waals surface area contributed by atoms with E-state index in [-0.39, 0.29) is 43.9 Å². The molecule has 1 aliphatic heterocycles. The van der Waals surface area contributed by atoms with Crippen LogP contribution in [-0.4, -0.2) is 61.7 Å². The summed E-state index contributed by atoms with van der Waals surface area (Å²) in [5, 5.41) is 4.47. The molecule has 1 saturated heterocycles. The minimum Gasteiger partial charge on any atom is -0.339 e. The summed E-state index contributed by atoms with van der Waals surface area (Å²) in [4.78, 5) is 26.3. The first-order valence-corrected chi connectivity index (χ1v) is 12.1. The molecule has 1 N–H and O–H groups in total. The maximum Gasteiger partial charge on any atom is 0.262 e. The first kappa shape index (κ1) is 24.2. The topological polar surface area (TPSA) is 86.8 Å². The molecule has 0 bridgehead atoms. The number of amides is 2. The van der Waals surface area contributed by atoms with Gasteiger partial charge in [-0.25, -0.2) is 21.6 Å². The number of benzene rings is 1. The van der Waals surface area contributed by atoms with Crippen molar-refractivity contribution in [3.8, 4) is 0 Å². The van der Waals surface area contributed by atoms with Gasteiger partial charge in [-0.1, -0.05) is 19.9 Å². The largest absolute Gasteiger partial charge is 0.339 e. The van der Waals surface area contributed by atoms with Gasteiger partial charge in [0.05, 0.1) is 4.88 Å². The summed E-state index contributed by atoms with van der Waals surface area (Å²) in [5.41, 5.74) is 0. The third-order valence-electron chi connectivity index (χ3n) is 5.13. The molecule has 1 fully saturated rings. The van der Waals surface area contributed by atoms with E-state index in [9.17, 15) is 31.2 Å². The molecule has 2 amide bonds. The molecule has 0 spiro atoms. The van der Waals surface area contributed by atoms with Crippen LogP contribution in [0.15, 0.2) is 34.5 Å². The Labute approximate surface area is 187 Å². The van der Waals surface area contributed by atoms with Crippen LogP contribution < -0.4 is 5.32 Å². The van der Waals surface area contributed by atoms with Gasteiger partial charge in [0, 0.05) is 26.2 Å². The lowest BCUT2D eigenvalue weighted by atomic mass is 10.0. The Hall–Kier alpha value is -2.44. The average Bonchev–Trinajstić information content (AvgIpc) is 3.30. The first-order chi connectivity index (χ1) is 15.0. The second-order valence-corrected chi connectivity index (χ2v) is 10.4. The summed E-state index contributed by atoms with van der Waals surface area (Å²) < 4.78 is 67.0. The smallest absolute Gasteiger partial charge is 0.262 e. The lowest BCUT2D eigenvalue weighted by Crippen LogP contribution is -2.57. The molecule has 1 atom stereocenters. The third-order valence-corrected chi connectivity index (χ3v) is 7.92. The zero-order valence-electron chi connectivity index (χ0n) is 17.3. The number of piperazine rings is 1. The van der Waals surface area contributed by atoms with Gasteiger partial charge < -0.3 is 10.2 Å². The molecule has 32 heavy (non-hydrogen) atoms. The van der Waals surface area contributed by atoms with E-state index in [1.807, 2.05) is 0 Å². The molecule has 1 aromatic carbocycles. The summed E-state index contributed by atoms with van der Waals surface area (Å²) in [6.45, 7) is 3.25. The van der Waals surface area contributed by atoms with Crippen LogP contribution in [0.4, 0.5) is 13.2 Å². The molecule has 1 aromatic heterocycles. The number of hydrogen-bond acceptors (Lipinski definition) is 5. The fourth-order valence-electron chi connectivity index (χ4n) is 3.33. The van der Waals surface area contributed by atoms with Crippen molar-refractivity contribution in [2.24, 2.45) is 5.92 Å². The van der Waals surface area contributed by atoms with E-state index >= 15 is 0 Å². The molecular formula is C20H22F3N3O4S2.